The maximum Gasteiger partial charge on any atom is 0.221 e. The molecular weight excluding hydrogens is 371 g/mol. The van der Waals surface area contributed by atoms with E-state index in [0.717, 1.165) is 11.8 Å². The van der Waals surface area contributed by atoms with Gasteiger partial charge in [-0.25, -0.2) is 12.7 Å². The van der Waals surface area contributed by atoms with Gasteiger partial charge in [-0.15, -0.1) is 0 Å². The highest BCUT2D eigenvalue weighted by Crippen LogP contribution is 2.21. The van der Waals surface area contributed by atoms with Crippen LogP contribution in [0.4, 0.5) is 0 Å². The molecule has 0 aliphatic carbocycles. The summed E-state index contributed by atoms with van der Waals surface area (Å²) in [6, 6.07) is 5.11. The minimum Gasteiger partial charge on any atom is -0.351 e. The molecule has 1 rings (SSSR count). The Hall–Kier alpha value is -0.820. The average Bonchev–Trinajstić information content (AvgIpc) is 2.37. The molecule has 0 bridgehead atoms. The summed E-state index contributed by atoms with van der Waals surface area (Å²) in [5, 5.41) is 3.85. The predicted molar refractivity (Wildman–Crippen MR) is 99.1 cm³/mol. The molecule has 0 aliphatic heterocycles. The zero-order valence-corrected chi connectivity index (χ0v) is 16.7. The molecule has 136 valence electrons. The lowest BCUT2D eigenvalue weighted by atomic mass is 10.1. The molecule has 0 aliphatic rings. The van der Waals surface area contributed by atoms with Crippen LogP contribution in [0.25, 0.3) is 0 Å². The standard InChI is InChI=1S/C16H24Cl2N2O3S/c1-16(2,3)19-15(21)8-10-20(24(4,22)23)9-7-12-5-6-13(17)11-14(12)18/h5-6,11H,7-10H2,1-4H3,(H,19,21). The maximum absolute atomic E-state index is 11.9. The number of nitrogens with zero attached hydrogens (tertiary/aromatic N) is 1. The van der Waals surface area contributed by atoms with Gasteiger partial charge in [0.15, 0.2) is 0 Å². The van der Waals surface area contributed by atoms with Crippen molar-refractivity contribution in [1.29, 1.82) is 0 Å². The van der Waals surface area contributed by atoms with Gasteiger partial charge in [0, 0.05) is 35.1 Å². The zero-order valence-electron chi connectivity index (χ0n) is 14.4. The van der Waals surface area contributed by atoms with Crippen molar-refractivity contribution in [2.24, 2.45) is 0 Å². The van der Waals surface area contributed by atoms with Crippen LogP contribution in [-0.4, -0.2) is 43.5 Å². The number of rotatable bonds is 7. The first-order chi connectivity index (χ1) is 10.9. The largest absolute Gasteiger partial charge is 0.351 e. The maximum atomic E-state index is 11.9. The highest BCUT2D eigenvalue weighted by atomic mass is 35.5. The summed E-state index contributed by atoms with van der Waals surface area (Å²) in [4.78, 5) is 11.9. The Balaban J connectivity index is 2.68. The van der Waals surface area contributed by atoms with Crippen molar-refractivity contribution in [1.82, 2.24) is 9.62 Å². The van der Waals surface area contributed by atoms with Crippen molar-refractivity contribution >= 4 is 39.1 Å². The van der Waals surface area contributed by atoms with E-state index in [4.69, 9.17) is 23.2 Å². The topological polar surface area (TPSA) is 66.5 Å². The molecule has 8 heteroatoms. The summed E-state index contributed by atoms with van der Waals surface area (Å²) in [7, 11) is -3.41. The van der Waals surface area contributed by atoms with Gasteiger partial charge in [0.2, 0.25) is 15.9 Å². The molecule has 1 amide bonds. The fraction of sp³-hybridized carbons (Fsp3) is 0.562. The molecular formula is C16H24Cl2N2O3S. The summed E-state index contributed by atoms with van der Waals surface area (Å²) < 4.78 is 25.2. The summed E-state index contributed by atoms with van der Waals surface area (Å²) in [6.45, 7) is 6.01. The van der Waals surface area contributed by atoms with E-state index in [0.29, 0.717) is 16.5 Å². The van der Waals surface area contributed by atoms with Gasteiger partial charge in [-0.3, -0.25) is 4.79 Å². The van der Waals surface area contributed by atoms with Gasteiger partial charge in [-0.2, -0.15) is 0 Å². The fourth-order valence-corrected chi connectivity index (χ4v) is 3.47. The lowest BCUT2D eigenvalue weighted by Gasteiger charge is -2.23. The van der Waals surface area contributed by atoms with Crippen LogP contribution in [0.1, 0.15) is 32.8 Å². The molecule has 0 unspecified atom stereocenters. The van der Waals surface area contributed by atoms with Crippen LogP contribution in [0.2, 0.25) is 10.0 Å². The fourth-order valence-electron chi connectivity index (χ4n) is 2.12. The first-order valence-electron chi connectivity index (χ1n) is 7.58. The second kappa shape index (κ2) is 8.52. The Labute approximate surface area is 154 Å². The third kappa shape index (κ3) is 7.83. The molecule has 0 saturated heterocycles. The molecule has 1 aromatic rings. The van der Waals surface area contributed by atoms with E-state index in [1.54, 1.807) is 18.2 Å². The van der Waals surface area contributed by atoms with E-state index in [1.807, 2.05) is 20.8 Å². The van der Waals surface area contributed by atoms with Gasteiger partial charge in [0.1, 0.15) is 0 Å². The SMILES string of the molecule is CC(C)(C)NC(=O)CCN(CCc1ccc(Cl)cc1Cl)S(C)(=O)=O. The highest BCUT2D eigenvalue weighted by Gasteiger charge is 2.20. The first-order valence-corrected chi connectivity index (χ1v) is 10.2. The van der Waals surface area contributed by atoms with Gasteiger partial charge in [-0.05, 0) is 44.9 Å². The van der Waals surface area contributed by atoms with E-state index >= 15 is 0 Å². The Kier molecular flexibility index (Phi) is 7.53. The third-order valence-electron chi connectivity index (χ3n) is 3.22. The Bertz CT molecular complexity index is 685. The molecule has 0 fully saturated rings. The van der Waals surface area contributed by atoms with E-state index in [1.165, 1.54) is 4.31 Å². The Morgan fingerprint density at radius 1 is 1.21 bits per heavy atom. The predicted octanol–water partition coefficient (Wildman–Crippen LogP) is 3.10. The van der Waals surface area contributed by atoms with Gasteiger partial charge in [-0.1, -0.05) is 29.3 Å². The third-order valence-corrected chi connectivity index (χ3v) is 5.11. The van der Waals surface area contributed by atoms with Crippen LogP contribution in [0.3, 0.4) is 0 Å². The zero-order chi connectivity index (χ0) is 18.5. The molecule has 0 heterocycles. The lowest BCUT2D eigenvalue weighted by molar-refractivity contribution is -0.122. The number of nitrogens with one attached hydrogen (secondary N) is 1. The minimum atomic E-state index is -3.41. The smallest absolute Gasteiger partial charge is 0.221 e. The number of sulfonamides is 1. The molecule has 24 heavy (non-hydrogen) atoms. The molecule has 0 saturated carbocycles. The molecule has 5 nitrogen and oxygen atoms in total. The summed E-state index contributed by atoms with van der Waals surface area (Å²) in [6.07, 6.45) is 1.70. The van der Waals surface area contributed by atoms with Crippen LogP contribution in [-0.2, 0) is 21.2 Å². The highest BCUT2D eigenvalue weighted by molar-refractivity contribution is 7.88. The van der Waals surface area contributed by atoms with Crippen molar-refractivity contribution in [3.8, 4) is 0 Å². The number of carbonyl (C=O) groups is 1. The van der Waals surface area contributed by atoms with Crippen molar-refractivity contribution in [2.75, 3.05) is 19.3 Å². The number of carbonyl (C=O) groups excluding carboxylic acids is 1. The number of halogens is 2. The van der Waals surface area contributed by atoms with Crippen LogP contribution >= 0.6 is 23.2 Å². The van der Waals surface area contributed by atoms with Crippen molar-refractivity contribution in [2.45, 2.75) is 39.2 Å². The molecule has 1 aromatic carbocycles. The molecule has 0 spiro atoms. The van der Waals surface area contributed by atoms with E-state index < -0.39 is 10.0 Å². The van der Waals surface area contributed by atoms with Crippen molar-refractivity contribution < 1.29 is 13.2 Å². The van der Waals surface area contributed by atoms with E-state index in [9.17, 15) is 13.2 Å². The van der Waals surface area contributed by atoms with Gasteiger partial charge >= 0.3 is 0 Å². The quantitative estimate of drug-likeness (QED) is 0.772. The van der Waals surface area contributed by atoms with Crippen molar-refractivity contribution in [3.63, 3.8) is 0 Å². The average molecular weight is 395 g/mol. The van der Waals surface area contributed by atoms with Gasteiger partial charge in [0.25, 0.3) is 0 Å². The minimum absolute atomic E-state index is 0.110. The molecule has 1 N–H and O–H groups in total. The van der Waals surface area contributed by atoms with Gasteiger partial charge < -0.3 is 5.32 Å². The van der Waals surface area contributed by atoms with Crippen molar-refractivity contribution in [3.05, 3.63) is 33.8 Å². The lowest BCUT2D eigenvalue weighted by Crippen LogP contribution is -2.42. The molecule has 0 atom stereocenters. The monoisotopic (exact) mass is 394 g/mol. The second-order valence-corrected chi connectivity index (χ2v) is 9.52. The number of hydrogen-bond acceptors (Lipinski definition) is 3. The number of hydrogen-bond donors (Lipinski definition) is 1. The number of benzene rings is 1. The van der Waals surface area contributed by atoms with Crippen LogP contribution in [0.5, 0.6) is 0 Å². The summed E-state index contributed by atoms with van der Waals surface area (Å²) in [5.41, 5.74) is 0.470. The Morgan fingerprint density at radius 3 is 2.33 bits per heavy atom. The normalized spacial score (nSPS) is 12.5. The first kappa shape index (κ1) is 21.2. The van der Waals surface area contributed by atoms with E-state index in [-0.39, 0.29) is 31.0 Å². The Morgan fingerprint density at radius 2 is 1.83 bits per heavy atom. The molecule has 0 radical (unpaired) electrons. The van der Waals surface area contributed by atoms with Crippen LogP contribution < -0.4 is 5.32 Å². The summed E-state index contributed by atoms with van der Waals surface area (Å²) >= 11 is 12.0. The molecule has 0 aromatic heterocycles. The number of amides is 1. The summed E-state index contributed by atoms with van der Waals surface area (Å²) in [5.74, 6) is -0.180. The van der Waals surface area contributed by atoms with Crippen LogP contribution in [0.15, 0.2) is 18.2 Å². The van der Waals surface area contributed by atoms with Crippen LogP contribution in [0, 0.1) is 0 Å². The second-order valence-electron chi connectivity index (χ2n) is 6.70. The van der Waals surface area contributed by atoms with E-state index in [2.05, 4.69) is 5.32 Å². The van der Waals surface area contributed by atoms with Gasteiger partial charge in [0.05, 0.1) is 6.26 Å².